The van der Waals surface area contributed by atoms with Crippen molar-refractivity contribution in [2.75, 3.05) is 47.3 Å². The number of rotatable bonds is 5. The van der Waals surface area contributed by atoms with Crippen molar-refractivity contribution in [2.24, 2.45) is 4.99 Å². The summed E-state index contributed by atoms with van der Waals surface area (Å²) in [5, 5.41) is 11.6. The minimum atomic E-state index is 0. The molecule has 1 aromatic heterocycles. The standard InChI is InChI=1S/C21H33N7.HI/c1-16-12-17(2)28(25-16)20-9-7-6-8-18(20)13-23-21(22-3)24-14-19-15-26(4)10-11-27(19)5;/h6-9,12,19H,10-11,13-15H2,1-5H3,(H2,22,23,24);1H. The monoisotopic (exact) mass is 511 g/mol. The second-order valence-electron chi connectivity index (χ2n) is 7.67. The van der Waals surface area contributed by atoms with Crippen molar-refractivity contribution in [2.45, 2.75) is 26.4 Å². The number of piperazine rings is 1. The van der Waals surface area contributed by atoms with Gasteiger partial charge in [0.05, 0.1) is 11.4 Å². The maximum absolute atomic E-state index is 4.63. The Balaban J connectivity index is 0.00000300. The van der Waals surface area contributed by atoms with Crippen LogP contribution in [-0.4, -0.2) is 78.9 Å². The predicted octanol–water partition coefficient (Wildman–Crippen LogP) is 2.02. The van der Waals surface area contributed by atoms with Crippen LogP contribution in [0.15, 0.2) is 35.3 Å². The Hall–Kier alpha value is -1.65. The normalized spacial score (nSPS) is 18.4. The number of nitrogens with zero attached hydrogens (tertiary/aromatic N) is 5. The van der Waals surface area contributed by atoms with Crippen LogP contribution in [0.25, 0.3) is 5.69 Å². The van der Waals surface area contributed by atoms with Gasteiger partial charge in [-0.2, -0.15) is 5.10 Å². The fourth-order valence-corrected chi connectivity index (χ4v) is 3.68. The zero-order valence-electron chi connectivity index (χ0n) is 18.1. The third-order valence-electron chi connectivity index (χ3n) is 5.38. The van der Waals surface area contributed by atoms with E-state index >= 15 is 0 Å². The third-order valence-corrected chi connectivity index (χ3v) is 5.38. The highest BCUT2D eigenvalue weighted by atomic mass is 127. The van der Waals surface area contributed by atoms with Crippen LogP contribution >= 0.6 is 24.0 Å². The molecule has 29 heavy (non-hydrogen) atoms. The Morgan fingerprint density at radius 2 is 1.93 bits per heavy atom. The molecule has 0 aliphatic carbocycles. The van der Waals surface area contributed by atoms with Crippen LogP contribution in [0.4, 0.5) is 0 Å². The van der Waals surface area contributed by atoms with Crippen molar-refractivity contribution in [1.29, 1.82) is 0 Å². The molecule has 0 saturated carbocycles. The van der Waals surface area contributed by atoms with Gasteiger partial charge in [0.1, 0.15) is 0 Å². The van der Waals surface area contributed by atoms with Crippen LogP contribution < -0.4 is 10.6 Å². The van der Waals surface area contributed by atoms with E-state index in [1.807, 2.05) is 18.7 Å². The summed E-state index contributed by atoms with van der Waals surface area (Å²) in [4.78, 5) is 9.19. The van der Waals surface area contributed by atoms with Gasteiger partial charge in [-0.25, -0.2) is 4.68 Å². The number of nitrogens with one attached hydrogen (secondary N) is 2. The van der Waals surface area contributed by atoms with E-state index in [2.05, 4.69) is 81.9 Å². The quantitative estimate of drug-likeness (QED) is 0.366. The van der Waals surface area contributed by atoms with E-state index in [1.165, 1.54) is 5.56 Å². The summed E-state index contributed by atoms with van der Waals surface area (Å²) in [7, 11) is 6.20. The SMILES string of the molecule is CN=C(NCc1ccccc1-n1nc(C)cc1C)NCC1CN(C)CCN1C.I. The number of hydrogen-bond acceptors (Lipinski definition) is 4. The van der Waals surface area contributed by atoms with Crippen LogP contribution in [0.5, 0.6) is 0 Å². The van der Waals surface area contributed by atoms with Crippen molar-refractivity contribution in [3.05, 3.63) is 47.3 Å². The summed E-state index contributed by atoms with van der Waals surface area (Å²) in [6, 6.07) is 10.9. The third kappa shape index (κ3) is 6.16. The Morgan fingerprint density at radius 1 is 1.17 bits per heavy atom. The van der Waals surface area contributed by atoms with Crippen LogP contribution in [0.3, 0.4) is 0 Å². The van der Waals surface area contributed by atoms with Crippen LogP contribution in [0.2, 0.25) is 0 Å². The highest BCUT2D eigenvalue weighted by molar-refractivity contribution is 14.0. The maximum Gasteiger partial charge on any atom is 0.191 e. The number of halogens is 1. The molecule has 1 saturated heterocycles. The van der Waals surface area contributed by atoms with Crippen molar-refractivity contribution < 1.29 is 0 Å². The first-order chi connectivity index (χ1) is 13.5. The molecule has 1 unspecified atom stereocenters. The predicted molar refractivity (Wildman–Crippen MR) is 131 cm³/mol. The van der Waals surface area contributed by atoms with E-state index in [-0.39, 0.29) is 24.0 Å². The zero-order valence-corrected chi connectivity index (χ0v) is 20.5. The first-order valence-corrected chi connectivity index (χ1v) is 9.92. The summed E-state index contributed by atoms with van der Waals surface area (Å²) in [5.41, 5.74) is 4.45. The van der Waals surface area contributed by atoms with Crippen molar-refractivity contribution in [3.63, 3.8) is 0 Å². The minimum absolute atomic E-state index is 0. The van der Waals surface area contributed by atoms with Gasteiger partial charge in [-0.1, -0.05) is 18.2 Å². The Morgan fingerprint density at radius 3 is 2.62 bits per heavy atom. The molecule has 0 bridgehead atoms. The zero-order chi connectivity index (χ0) is 20.1. The highest BCUT2D eigenvalue weighted by Gasteiger charge is 2.22. The smallest absolute Gasteiger partial charge is 0.191 e. The van der Waals surface area contributed by atoms with Crippen LogP contribution in [0.1, 0.15) is 17.0 Å². The van der Waals surface area contributed by atoms with Gasteiger partial charge < -0.3 is 15.5 Å². The molecule has 7 nitrogen and oxygen atoms in total. The average molecular weight is 511 g/mol. The van der Waals surface area contributed by atoms with Crippen molar-refractivity contribution in [3.8, 4) is 5.69 Å². The lowest BCUT2D eigenvalue weighted by atomic mass is 10.1. The van der Waals surface area contributed by atoms with Gasteiger partial charge in [0, 0.05) is 51.5 Å². The van der Waals surface area contributed by atoms with Gasteiger partial charge in [-0.15, -0.1) is 24.0 Å². The van der Waals surface area contributed by atoms with Gasteiger partial charge >= 0.3 is 0 Å². The van der Waals surface area contributed by atoms with E-state index < -0.39 is 0 Å². The summed E-state index contributed by atoms with van der Waals surface area (Å²) in [6.45, 7) is 8.97. The Bertz CT molecular complexity index is 817. The number of aryl methyl sites for hydroxylation is 2. The van der Waals surface area contributed by atoms with Crippen molar-refractivity contribution in [1.82, 2.24) is 30.2 Å². The fraction of sp³-hybridized carbons (Fsp3) is 0.524. The molecule has 3 rings (SSSR count). The van der Waals surface area contributed by atoms with E-state index in [4.69, 9.17) is 0 Å². The topological polar surface area (TPSA) is 60.7 Å². The summed E-state index contributed by atoms with van der Waals surface area (Å²) < 4.78 is 2.01. The van der Waals surface area contributed by atoms with Gasteiger partial charge in [-0.3, -0.25) is 9.89 Å². The molecule has 160 valence electrons. The molecule has 2 aromatic rings. The summed E-state index contributed by atoms with van der Waals surface area (Å²) >= 11 is 0. The maximum atomic E-state index is 4.63. The lowest BCUT2D eigenvalue weighted by molar-refractivity contribution is 0.116. The largest absolute Gasteiger partial charge is 0.355 e. The van der Waals surface area contributed by atoms with Crippen molar-refractivity contribution >= 4 is 29.9 Å². The average Bonchev–Trinajstić information content (AvgIpc) is 3.02. The molecule has 1 aliphatic heterocycles. The van der Waals surface area contributed by atoms with Crippen LogP contribution in [0, 0.1) is 13.8 Å². The fourth-order valence-electron chi connectivity index (χ4n) is 3.68. The highest BCUT2D eigenvalue weighted by Crippen LogP contribution is 2.16. The molecule has 1 fully saturated rings. The minimum Gasteiger partial charge on any atom is -0.355 e. The molecule has 1 aliphatic rings. The molecule has 8 heteroatoms. The molecule has 0 radical (unpaired) electrons. The number of hydrogen-bond donors (Lipinski definition) is 2. The number of benzene rings is 1. The molecular formula is C21H34IN7. The van der Waals surface area contributed by atoms with E-state index in [0.29, 0.717) is 12.6 Å². The number of para-hydroxylation sites is 1. The number of likely N-dealkylation sites (N-methyl/N-ethyl adjacent to an activating group) is 2. The van der Waals surface area contributed by atoms with Gasteiger partial charge in [0.25, 0.3) is 0 Å². The lowest BCUT2D eigenvalue weighted by Gasteiger charge is -2.37. The molecule has 2 N–H and O–H groups in total. The number of aromatic nitrogens is 2. The van der Waals surface area contributed by atoms with E-state index in [9.17, 15) is 0 Å². The second-order valence-corrected chi connectivity index (χ2v) is 7.67. The molecule has 1 atom stereocenters. The number of guanidine groups is 1. The number of aliphatic imine (C=N–C) groups is 1. The Kier molecular flexibility index (Phi) is 8.91. The lowest BCUT2D eigenvalue weighted by Crippen LogP contribution is -2.55. The summed E-state index contributed by atoms with van der Waals surface area (Å²) in [6.07, 6.45) is 0. The molecule has 2 heterocycles. The Labute approximate surface area is 191 Å². The van der Waals surface area contributed by atoms with Crippen LogP contribution in [-0.2, 0) is 6.54 Å². The molecule has 1 aromatic carbocycles. The molecule has 0 amide bonds. The molecular weight excluding hydrogens is 477 g/mol. The van der Waals surface area contributed by atoms with Gasteiger partial charge in [-0.05, 0) is 45.6 Å². The first-order valence-electron chi connectivity index (χ1n) is 9.92. The van der Waals surface area contributed by atoms with E-state index in [0.717, 1.165) is 49.2 Å². The summed E-state index contributed by atoms with van der Waals surface area (Å²) in [5.74, 6) is 0.824. The van der Waals surface area contributed by atoms with E-state index in [1.54, 1.807) is 0 Å². The molecule has 0 spiro atoms. The first kappa shape index (κ1) is 23.6. The van der Waals surface area contributed by atoms with Gasteiger partial charge in [0.15, 0.2) is 5.96 Å². The second kappa shape index (κ2) is 10.9. The van der Waals surface area contributed by atoms with Gasteiger partial charge in [0.2, 0.25) is 0 Å².